The number of hydrogen-bond acceptors (Lipinski definition) is 2. The number of benzene rings is 2. The van der Waals surface area contributed by atoms with E-state index in [-0.39, 0.29) is 0 Å². The molecule has 0 aliphatic carbocycles. The van der Waals surface area contributed by atoms with Crippen molar-refractivity contribution < 1.29 is 0 Å². The molecule has 106 valence electrons. The van der Waals surface area contributed by atoms with Gasteiger partial charge in [-0.15, -0.1) is 0 Å². The normalized spacial score (nSPS) is 10.6. The van der Waals surface area contributed by atoms with Gasteiger partial charge in [0.2, 0.25) is 0 Å². The number of nitrogens with two attached hydrogens (primary N) is 1. The molecule has 0 saturated heterocycles. The van der Waals surface area contributed by atoms with Gasteiger partial charge in [0, 0.05) is 30.3 Å². The highest BCUT2D eigenvalue weighted by Crippen LogP contribution is 2.23. The summed E-state index contributed by atoms with van der Waals surface area (Å²) in [6.07, 6.45) is 0. The Morgan fingerprint density at radius 2 is 1.80 bits per heavy atom. The van der Waals surface area contributed by atoms with Gasteiger partial charge in [-0.25, -0.2) is 0 Å². The van der Waals surface area contributed by atoms with Crippen molar-refractivity contribution in [1.82, 2.24) is 0 Å². The molecule has 3 heteroatoms. The SMILES string of the molecule is CCN(Cc1ccc(CN)cc1Cl)c1ccc(C)cc1. The first-order valence-corrected chi connectivity index (χ1v) is 7.30. The first kappa shape index (κ1) is 14.9. The zero-order chi connectivity index (χ0) is 14.5. The van der Waals surface area contributed by atoms with Crippen molar-refractivity contribution in [1.29, 1.82) is 0 Å². The maximum absolute atomic E-state index is 6.34. The predicted molar refractivity (Wildman–Crippen MR) is 87.2 cm³/mol. The Bertz CT molecular complexity index is 564. The van der Waals surface area contributed by atoms with Crippen molar-refractivity contribution >= 4 is 17.3 Å². The van der Waals surface area contributed by atoms with Gasteiger partial charge in [-0.05, 0) is 43.2 Å². The molecule has 2 N–H and O–H groups in total. The van der Waals surface area contributed by atoms with Crippen LogP contribution in [0.3, 0.4) is 0 Å². The zero-order valence-electron chi connectivity index (χ0n) is 12.1. The summed E-state index contributed by atoms with van der Waals surface area (Å²) in [6, 6.07) is 14.7. The van der Waals surface area contributed by atoms with Gasteiger partial charge >= 0.3 is 0 Å². The fraction of sp³-hybridized carbons (Fsp3) is 0.294. The molecular weight excluding hydrogens is 268 g/mol. The first-order valence-electron chi connectivity index (χ1n) is 6.93. The number of hydrogen-bond donors (Lipinski definition) is 1. The molecule has 2 nitrogen and oxygen atoms in total. The van der Waals surface area contributed by atoms with Crippen LogP contribution in [0.5, 0.6) is 0 Å². The summed E-state index contributed by atoms with van der Waals surface area (Å²) < 4.78 is 0. The van der Waals surface area contributed by atoms with E-state index < -0.39 is 0 Å². The largest absolute Gasteiger partial charge is 0.367 e. The predicted octanol–water partition coefficient (Wildman–Crippen LogP) is 4.13. The number of halogens is 1. The van der Waals surface area contributed by atoms with E-state index in [1.165, 1.54) is 11.3 Å². The molecule has 0 bridgehead atoms. The van der Waals surface area contributed by atoms with Crippen molar-refractivity contribution in [3.8, 4) is 0 Å². The molecule has 0 aliphatic heterocycles. The van der Waals surface area contributed by atoms with Gasteiger partial charge in [-0.2, -0.15) is 0 Å². The molecule has 0 atom stereocenters. The van der Waals surface area contributed by atoms with Gasteiger partial charge in [0.25, 0.3) is 0 Å². The van der Waals surface area contributed by atoms with E-state index in [4.69, 9.17) is 17.3 Å². The Morgan fingerprint density at radius 3 is 2.35 bits per heavy atom. The van der Waals surface area contributed by atoms with Crippen LogP contribution in [0.15, 0.2) is 42.5 Å². The van der Waals surface area contributed by atoms with E-state index in [1.807, 2.05) is 12.1 Å². The van der Waals surface area contributed by atoms with Crippen LogP contribution in [0.25, 0.3) is 0 Å². The van der Waals surface area contributed by atoms with Crippen LogP contribution in [0, 0.1) is 6.92 Å². The molecular formula is C17H21ClN2. The topological polar surface area (TPSA) is 29.3 Å². The van der Waals surface area contributed by atoms with Gasteiger partial charge < -0.3 is 10.6 Å². The summed E-state index contributed by atoms with van der Waals surface area (Å²) in [5.74, 6) is 0. The van der Waals surface area contributed by atoms with E-state index in [0.29, 0.717) is 6.54 Å². The van der Waals surface area contributed by atoms with Crippen molar-refractivity contribution in [3.05, 3.63) is 64.2 Å². The lowest BCUT2D eigenvalue weighted by Gasteiger charge is -2.24. The smallest absolute Gasteiger partial charge is 0.0459 e. The second-order valence-corrected chi connectivity index (χ2v) is 5.39. The van der Waals surface area contributed by atoms with Gasteiger partial charge in [0.15, 0.2) is 0 Å². The molecule has 20 heavy (non-hydrogen) atoms. The van der Waals surface area contributed by atoms with Gasteiger partial charge in [0.05, 0.1) is 0 Å². The molecule has 0 saturated carbocycles. The summed E-state index contributed by atoms with van der Waals surface area (Å²) >= 11 is 6.34. The quantitative estimate of drug-likeness (QED) is 0.896. The molecule has 2 aromatic rings. The second kappa shape index (κ2) is 6.78. The Labute approximate surface area is 126 Å². The van der Waals surface area contributed by atoms with E-state index in [1.54, 1.807) is 0 Å². The number of aryl methyl sites for hydroxylation is 1. The summed E-state index contributed by atoms with van der Waals surface area (Å²) in [5.41, 5.74) is 10.3. The highest BCUT2D eigenvalue weighted by molar-refractivity contribution is 6.31. The number of anilines is 1. The highest BCUT2D eigenvalue weighted by Gasteiger charge is 2.08. The fourth-order valence-corrected chi connectivity index (χ4v) is 2.46. The van der Waals surface area contributed by atoms with Crippen molar-refractivity contribution in [3.63, 3.8) is 0 Å². The van der Waals surface area contributed by atoms with Crippen LogP contribution in [0.4, 0.5) is 5.69 Å². The zero-order valence-corrected chi connectivity index (χ0v) is 12.8. The average Bonchev–Trinajstić information content (AvgIpc) is 2.47. The summed E-state index contributed by atoms with van der Waals surface area (Å²) in [4.78, 5) is 2.31. The van der Waals surface area contributed by atoms with Crippen molar-refractivity contribution in [2.24, 2.45) is 5.73 Å². The Hall–Kier alpha value is -1.51. The van der Waals surface area contributed by atoms with Crippen molar-refractivity contribution in [2.75, 3.05) is 11.4 Å². The summed E-state index contributed by atoms with van der Waals surface area (Å²) in [6.45, 7) is 6.53. The van der Waals surface area contributed by atoms with Crippen LogP contribution < -0.4 is 10.6 Å². The molecule has 2 rings (SSSR count). The van der Waals surface area contributed by atoms with Crippen LogP contribution in [0.2, 0.25) is 5.02 Å². The summed E-state index contributed by atoms with van der Waals surface area (Å²) in [5, 5.41) is 0.790. The van der Waals surface area contributed by atoms with Crippen molar-refractivity contribution in [2.45, 2.75) is 26.9 Å². The monoisotopic (exact) mass is 288 g/mol. The van der Waals surface area contributed by atoms with Crippen LogP contribution in [0.1, 0.15) is 23.6 Å². The molecule has 0 aromatic heterocycles. The Morgan fingerprint density at radius 1 is 1.10 bits per heavy atom. The van der Waals surface area contributed by atoms with Gasteiger partial charge in [-0.1, -0.05) is 41.4 Å². The van der Waals surface area contributed by atoms with Crippen LogP contribution >= 0.6 is 11.6 Å². The standard InChI is InChI=1S/C17H21ClN2/c1-3-20(16-8-4-13(2)5-9-16)12-15-7-6-14(11-19)10-17(15)18/h4-10H,3,11-12,19H2,1-2H3. The third-order valence-corrected chi connectivity index (χ3v) is 3.85. The molecule has 0 spiro atoms. The maximum atomic E-state index is 6.34. The molecule has 0 radical (unpaired) electrons. The Kier molecular flexibility index (Phi) is 5.05. The Balaban J connectivity index is 2.20. The fourth-order valence-electron chi connectivity index (χ4n) is 2.19. The van der Waals surface area contributed by atoms with Crippen LogP contribution in [-0.2, 0) is 13.1 Å². The first-order chi connectivity index (χ1) is 9.63. The molecule has 0 heterocycles. The molecule has 0 amide bonds. The number of nitrogens with zero attached hydrogens (tertiary/aromatic N) is 1. The van der Waals surface area contributed by atoms with Gasteiger partial charge in [0.1, 0.15) is 0 Å². The average molecular weight is 289 g/mol. The number of rotatable bonds is 5. The molecule has 0 unspecified atom stereocenters. The highest BCUT2D eigenvalue weighted by atomic mass is 35.5. The van der Waals surface area contributed by atoms with Gasteiger partial charge in [-0.3, -0.25) is 0 Å². The maximum Gasteiger partial charge on any atom is 0.0459 e. The lowest BCUT2D eigenvalue weighted by molar-refractivity contribution is 0.831. The minimum absolute atomic E-state index is 0.523. The third kappa shape index (κ3) is 3.53. The van der Waals surface area contributed by atoms with E-state index in [2.05, 4.69) is 49.1 Å². The van der Waals surface area contributed by atoms with E-state index in [9.17, 15) is 0 Å². The minimum atomic E-state index is 0.523. The lowest BCUT2D eigenvalue weighted by Crippen LogP contribution is -2.22. The lowest BCUT2D eigenvalue weighted by atomic mass is 10.1. The van der Waals surface area contributed by atoms with Crippen LogP contribution in [-0.4, -0.2) is 6.54 Å². The van der Waals surface area contributed by atoms with E-state index >= 15 is 0 Å². The minimum Gasteiger partial charge on any atom is -0.367 e. The van der Waals surface area contributed by atoms with E-state index in [0.717, 1.165) is 29.2 Å². The third-order valence-electron chi connectivity index (χ3n) is 3.50. The second-order valence-electron chi connectivity index (χ2n) is 4.98. The molecule has 0 aliphatic rings. The molecule has 2 aromatic carbocycles. The summed E-state index contributed by atoms with van der Waals surface area (Å²) in [7, 11) is 0. The molecule has 0 fully saturated rings.